The van der Waals surface area contributed by atoms with Gasteiger partial charge in [-0.3, -0.25) is 0 Å². The lowest BCUT2D eigenvalue weighted by molar-refractivity contribution is 0.249. The Kier molecular flexibility index (Phi) is 5.53. The zero-order valence-corrected chi connectivity index (χ0v) is 19.0. The molecule has 164 valence electrons. The van der Waals surface area contributed by atoms with Crippen LogP contribution in [0.1, 0.15) is 12.8 Å². The summed E-state index contributed by atoms with van der Waals surface area (Å²) in [6, 6.07) is 19.7. The van der Waals surface area contributed by atoms with Gasteiger partial charge in [-0.15, -0.1) is 0 Å². The summed E-state index contributed by atoms with van der Waals surface area (Å²) >= 11 is 0. The Morgan fingerprint density at radius 2 is 1.72 bits per heavy atom. The molecule has 0 amide bonds. The lowest BCUT2D eigenvalue weighted by Crippen LogP contribution is -2.41. The van der Waals surface area contributed by atoms with E-state index in [0.717, 1.165) is 30.0 Å². The van der Waals surface area contributed by atoms with Gasteiger partial charge >= 0.3 is 0 Å². The van der Waals surface area contributed by atoms with E-state index in [4.69, 9.17) is 4.98 Å². The van der Waals surface area contributed by atoms with Crippen molar-refractivity contribution in [2.45, 2.75) is 18.9 Å². The molecule has 1 fully saturated rings. The first-order valence-corrected chi connectivity index (χ1v) is 11.2. The molecule has 1 aliphatic rings. The Labute approximate surface area is 189 Å². The lowest BCUT2D eigenvalue weighted by Gasteiger charge is -2.36. The first-order valence-electron chi connectivity index (χ1n) is 11.2. The minimum Gasteiger partial charge on any atom is -0.371 e. The predicted octanol–water partition coefficient (Wildman–Crippen LogP) is 4.91. The van der Waals surface area contributed by atoms with Crippen LogP contribution in [0.2, 0.25) is 0 Å². The average Bonchev–Trinajstić information content (AvgIpc) is 3.17. The number of benzene rings is 2. The molecule has 0 atom stereocenters. The molecule has 0 radical (unpaired) electrons. The largest absolute Gasteiger partial charge is 0.371 e. The third-order valence-corrected chi connectivity index (χ3v) is 6.51. The van der Waals surface area contributed by atoms with Crippen molar-refractivity contribution in [3.63, 3.8) is 0 Å². The number of nitrogens with one attached hydrogen (secondary N) is 1. The highest BCUT2D eigenvalue weighted by molar-refractivity contribution is 5.95. The molecule has 2 aromatic carbocycles. The molecule has 1 aliphatic heterocycles. The van der Waals surface area contributed by atoms with Crippen molar-refractivity contribution in [2.75, 3.05) is 37.4 Å². The molecule has 3 heterocycles. The number of aromatic nitrogens is 3. The Bertz CT molecular complexity index is 1200. The maximum atomic E-state index is 4.79. The van der Waals surface area contributed by atoms with Crippen LogP contribution in [0.5, 0.6) is 0 Å². The monoisotopic (exact) mass is 426 g/mol. The average molecular weight is 427 g/mol. The fourth-order valence-electron chi connectivity index (χ4n) is 4.64. The minimum absolute atomic E-state index is 0.606. The van der Waals surface area contributed by atoms with Gasteiger partial charge in [0.25, 0.3) is 0 Å². The molecule has 5 rings (SSSR count). The highest BCUT2D eigenvalue weighted by Crippen LogP contribution is 2.30. The van der Waals surface area contributed by atoms with Crippen LogP contribution in [0.25, 0.3) is 22.2 Å². The van der Waals surface area contributed by atoms with Crippen molar-refractivity contribution in [2.24, 2.45) is 7.05 Å². The Balaban J connectivity index is 1.31. The van der Waals surface area contributed by atoms with Gasteiger partial charge in [-0.05, 0) is 63.3 Å². The van der Waals surface area contributed by atoms with Crippen molar-refractivity contribution < 1.29 is 0 Å². The van der Waals surface area contributed by atoms with Crippen LogP contribution in [0.3, 0.4) is 0 Å². The number of hydrogen-bond acceptors (Lipinski definition) is 5. The van der Waals surface area contributed by atoms with Crippen LogP contribution in [0.4, 0.5) is 17.3 Å². The summed E-state index contributed by atoms with van der Waals surface area (Å²) in [5.41, 5.74) is 5.50. The summed E-state index contributed by atoms with van der Waals surface area (Å²) in [4.78, 5) is 14.0. The zero-order valence-electron chi connectivity index (χ0n) is 19.0. The highest BCUT2D eigenvalue weighted by Gasteiger charge is 2.20. The molecule has 0 saturated carbocycles. The third-order valence-electron chi connectivity index (χ3n) is 6.51. The number of hydrogen-bond donors (Lipinski definition) is 1. The number of aryl methyl sites for hydroxylation is 1. The maximum absolute atomic E-state index is 4.79. The van der Waals surface area contributed by atoms with Crippen molar-refractivity contribution >= 4 is 28.2 Å². The van der Waals surface area contributed by atoms with E-state index in [1.54, 1.807) is 0 Å². The summed E-state index contributed by atoms with van der Waals surface area (Å²) in [6.07, 6.45) is 6.37. The van der Waals surface area contributed by atoms with Crippen molar-refractivity contribution in [1.29, 1.82) is 0 Å². The van der Waals surface area contributed by atoms with E-state index in [1.807, 2.05) is 12.3 Å². The van der Waals surface area contributed by atoms with E-state index >= 15 is 0 Å². The smallest absolute Gasteiger partial charge is 0.227 e. The summed E-state index contributed by atoms with van der Waals surface area (Å²) in [5.74, 6) is 0.606. The molecular weight excluding hydrogens is 396 g/mol. The van der Waals surface area contributed by atoms with Crippen LogP contribution < -0.4 is 10.2 Å². The fourth-order valence-corrected chi connectivity index (χ4v) is 4.64. The normalized spacial score (nSPS) is 14.9. The summed E-state index contributed by atoms with van der Waals surface area (Å²) in [6.45, 7) is 2.21. The molecule has 6 nitrogen and oxygen atoms in total. The van der Waals surface area contributed by atoms with E-state index in [1.165, 1.54) is 29.4 Å². The van der Waals surface area contributed by atoms with Gasteiger partial charge in [-0.2, -0.15) is 0 Å². The molecule has 1 saturated heterocycles. The number of fused-ring (bicyclic) bond motifs is 1. The van der Waals surface area contributed by atoms with Crippen LogP contribution in [0.15, 0.2) is 67.0 Å². The standard InChI is InChI=1S/C26H30N6/c1-30(2)20-13-16-32(17-14-20)21-10-8-19(9-11-21)28-26-27-15-12-24(29-26)23-18-31(3)25-7-5-4-6-22(23)25/h4-12,15,18,20H,13-14,16-17H2,1-3H3,(H,27,28,29). The van der Waals surface area contributed by atoms with Gasteiger partial charge in [0.15, 0.2) is 0 Å². The van der Waals surface area contributed by atoms with Gasteiger partial charge in [0.1, 0.15) is 0 Å². The van der Waals surface area contributed by atoms with Gasteiger partial charge in [0, 0.05) is 66.4 Å². The van der Waals surface area contributed by atoms with Crippen LogP contribution in [-0.4, -0.2) is 52.7 Å². The van der Waals surface area contributed by atoms with Gasteiger partial charge in [-0.25, -0.2) is 9.97 Å². The quantitative estimate of drug-likeness (QED) is 0.491. The van der Waals surface area contributed by atoms with Crippen molar-refractivity contribution in [3.8, 4) is 11.3 Å². The molecule has 4 aromatic rings. The third kappa shape index (κ3) is 4.06. The van der Waals surface area contributed by atoms with Gasteiger partial charge in [0.2, 0.25) is 5.95 Å². The molecule has 0 unspecified atom stereocenters. The fraction of sp³-hybridized carbons (Fsp3) is 0.308. The highest BCUT2D eigenvalue weighted by atomic mass is 15.2. The lowest BCUT2D eigenvalue weighted by atomic mass is 10.0. The van der Waals surface area contributed by atoms with Gasteiger partial charge in [-0.1, -0.05) is 18.2 Å². The Morgan fingerprint density at radius 1 is 0.969 bits per heavy atom. The second kappa shape index (κ2) is 8.63. The molecule has 6 heteroatoms. The number of anilines is 3. The maximum Gasteiger partial charge on any atom is 0.227 e. The van der Waals surface area contributed by atoms with Gasteiger partial charge < -0.3 is 19.7 Å². The summed E-state index contributed by atoms with van der Waals surface area (Å²) < 4.78 is 2.14. The first-order chi connectivity index (χ1) is 15.6. The number of rotatable bonds is 5. The minimum atomic E-state index is 0.606. The zero-order chi connectivity index (χ0) is 22.1. The SMILES string of the molecule is CN(C)C1CCN(c2ccc(Nc3nccc(-c4cn(C)c5ccccc45)n3)cc2)CC1. The van der Waals surface area contributed by atoms with E-state index in [9.17, 15) is 0 Å². The van der Waals surface area contributed by atoms with E-state index in [2.05, 4.69) is 101 Å². The van der Waals surface area contributed by atoms with E-state index < -0.39 is 0 Å². The van der Waals surface area contributed by atoms with Crippen LogP contribution >= 0.6 is 0 Å². The molecule has 32 heavy (non-hydrogen) atoms. The number of piperidine rings is 1. The molecule has 0 aliphatic carbocycles. The van der Waals surface area contributed by atoms with Crippen molar-refractivity contribution in [3.05, 3.63) is 67.0 Å². The molecule has 2 aromatic heterocycles. The summed E-state index contributed by atoms with van der Waals surface area (Å²) in [5, 5.41) is 4.56. The van der Waals surface area contributed by atoms with Crippen molar-refractivity contribution in [1.82, 2.24) is 19.4 Å². The van der Waals surface area contributed by atoms with E-state index in [0.29, 0.717) is 12.0 Å². The topological polar surface area (TPSA) is 49.2 Å². The number of para-hydroxylation sites is 1. The van der Waals surface area contributed by atoms with Crippen LogP contribution in [0, 0.1) is 0 Å². The first kappa shape index (κ1) is 20.5. The molecule has 0 bridgehead atoms. The Morgan fingerprint density at radius 3 is 2.47 bits per heavy atom. The molecule has 1 N–H and O–H groups in total. The predicted molar refractivity (Wildman–Crippen MR) is 133 cm³/mol. The Hall–Kier alpha value is -3.38. The van der Waals surface area contributed by atoms with Crippen LogP contribution in [-0.2, 0) is 7.05 Å². The van der Waals surface area contributed by atoms with E-state index in [-0.39, 0.29) is 0 Å². The molecular formula is C26H30N6. The second-order valence-electron chi connectivity index (χ2n) is 8.79. The summed E-state index contributed by atoms with van der Waals surface area (Å²) in [7, 11) is 6.42. The second-order valence-corrected chi connectivity index (χ2v) is 8.79. The number of nitrogens with zero attached hydrogens (tertiary/aromatic N) is 5. The molecule has 0 spiro atoms. The van der Waals surface area contributed by atoms with Gasteiger partial charge in [0.05, 0.1) is 5.69 Å².